The molecule has 0 aliphatic heterocycles. The van der Waals surface area contributed by atoms with Gasteiger partial charge < -0.3 is 40.7 Å². The average Bonchev–Trinajstić information content (AvgIpc) is 2.98. The number of phenolic OH excluding ortho intramolecular Hbond substituents is 1. The Kier molecular flexibility index (Phi) is 8.87. The van der Waals surface area contributed by atoms with Crippen LogP contribution in [0.4, 0.5) is 5.69 Å². The number of rotatable bonds is 8. The normalized spacial score (nSPS) is 27.8. The number of hydrogen-bond acceptors (Lipinski definition) is 15. The number of aliphatic hydroxyl groups is 4. The highest BCUT2D eigenvalue weighted by molar-refractivity contribution is 6.24. The van der Waals surface area contributed by atoms with Crippen LogP contribution in [0.3, 0.4) is 0 Å². The molecule has 3 aliphatic carbocycles. The fraction of sp³-hybridized carbons (Fsp3) is 0.500. The lowest BCUT2D eigenvalue weighted by atomic mass is 9.54. The summed E-state index contributed by atoms with van der Waals surface area (Å²) in [7, 11) is 2.82. The molecule has 0 heterocycles. The number of ether oxygens (including phenoxy) is 2. The van der Waals surface area contributed by atoms with Gasteiger partial charge in [-0.2, -0.15) is 10.2 Å². The number of aliphatic hydroxyl groups excluding tert-OH is 3. The lowest BCUT2D eigenvalue weighted by Gasteiger charge is -2.53. The van der Waals surface area contributed by atoms with E-state index in [1.165, 1.54) is 45.0 Å². The number of esters is 2. The molecule has 6 unspecified atom stereocenters. The van der Waals surface area contributed by atoms with Crippen LogP contribution >= 0.6 is 0 Å². The van der Waals surface area contributed by atoms with Crippen molar-refractivity contribution in [2.24, 2.45) is 27.8 Å². The highest BCUT2D eigenvalue weighted by atomic mass is 16.6. The summed E-state index contributed by atoms with van der Waals surface area (Å²) in [6.07, 6.45) is -1.76. The number of fused-ring (bicyclic) bond motifs is 3. The molecule has 0 bridgehead atoms. The first-order valence-electron chi connectivity index (χ1n) is 14.4. The van der Waals surface area contributed by atoms with Gasteiger partial charge in [-0.05, 0) is 52.4 Å². The number of Topliss-reactive ketones (excluding diaryl/α,β-unsaturated/α-hetero) is 2. The molecule has 1 saturated carbocycles. The Balaban J connectivity index is 1.93. The van der Waals surface area contributed by atoms with Crippen LogP contribution in [0.1, 0.15) is 44.7 Å². The van der Waals surface area contributed by atoms with Gasteiger partial charge in [-0.3, -0.25) is 19.3 Å². The lowest BCUT2D eigenvalue weighted by Crippen LogP contribution is -2.70. The molecule has 1 fully saturated rings. The Hall–Kier alpha value is -4.67. The first-order chi connectivity index (χ1) is 21.4. The number of likely N-dealkylation sites (N-methyl/N-ethyl adjacent to an activating group) is 1. The third-order valence-corrected chi connectivity index (χ3v) is 8.81. The van der Waals surface area contributed by atoms with E-state index in [1.807, 2.05) is 0 Å². The van der Waals surface area contributed by atoms with E-state index in [9.17, 15) is 49.5 Å². The van der Waals surface area contributed by atoms with Crippen molar-refractivity contribution < 1.29 is 59.0 Å². The molecule has 248 valence electrons. The summed E-state index contributed by atoms with van der Waals surface area (Å²) in [6.45, 7) is 5.52. The number of carbonyl (C=O) groups excluding carboxylic acids is 5. The van der Waals surface area contributed by atoms with Crippen molar-refractivity contribution in [1.82, 2.24) is 4.90 Å². The van der Waals surface area contributed by atoms with Crippen molar-refractivity contribution in [2.75, 3.05) is 27.3 Å². The zero-order valence-corrected chi connectivity index (χ0v) is 26.0. The SMILES string of the molecule is CCOC(=O)C(C)(N=Nc1ccc2c(c1O)C(O)=C1C(=O)C3(O)C(O)=C(C(N)=O)C(=O)C(N(C)C)C3C(O)C1C2C)C(=O)OCC. The average molecular weight is 645 g/mol. The molecule has 46 heavy (non-hydrogen) atoms. The quantitative estimate of drug-likeness (QED) is 0.0974. The number of hydrogen-bond donors (Lipinski definition) is 6. The Morgan fingerprint density at radius 2 is 1.63 bits per heavy atom. The molecule has 1 amide bonds. The molecule has 0 radical (unpaired) electrons. The van der Waals surface area contributed by atoms with Crippen LogP contribution in [0.5, 0.6) is 5.75 Å². The van der Waals surface area contributed by atoms with Crippen molar-refractivity contribution in [3.63, 3.8) is 0 Å². The van der Waals surface area contributed by atoms with Crippen molar-refractivity contribution in [3.05, 3.63) is 40.2 Å². The molecule has 16 heteroatoms. The Morgan fingerprint density at radius 1 is 1.07 bits per heavy atom. The lowest BCUT2D eigenvalue weighted by molar-refractivity contribution is -0.169. The monoisotopic (exact) mass is 644 g/mol. The Morgan fingerprint density at radius 3 is 2.13 bits per heavy atom. The molecule has 6 atom stereocenters. The van der Waals surface area contributed by atoms with Gasteiger partial charge in [-0.1, -0.05) is 13.0 Å². The van der Waals surface area contributed by atoms with Gasteiger partial charge in [0.05, 0.1) is 36.8 Å². The van der Waals surface area contributed by atoms with E-state index >= 15 is 0 Å². The van der Waals surface area contributed by atoms with Crippen LogP contribution in [0.15, 0.2) is 39.3 Å². The van der Waals surface area contributed by atoms with Crippen LogP contribution in [-0.4, -0.2) is 110 Å². The molecular weight excluding hydrogens is 608 g/mol. The minimum absolute atomic E-state index is 0.0871. The van der Waals surface area contributed by atoms with Gasteiger partial charge in [-0.15, -0.1) is 0 Å². The third-order valence-electron chi connectivity index (χ3n) is 8.81. The third kappa shape index (κ3) is 4.75. The van der Waals surface area contributed by atoms with E-state index in [0.717, 1.165) is 6.92 Å². The number of carbonyl (C=O) groups is 5. The second-order valence-electron chi connectivity index (χ2n) is 11.7. The summed E-state index contributed by atoms with van der Waals surface area (Å²) in [6, 6.07) is 1.18. The second-order valence-corrected chi connectivity index (χ2v) is 11.7. The second kappa shape index (κ2) is 11.9. The predicted molar refractivity (Wildman–Crippen MR) is 157 cm³/mol. The van der Waals surface area contributed by atoms with Gasteiger partial charge in [0.1, 0.15) is 22.8 Å². The first-order valence-corrected chi connectivity index (χ1v) is 14.4. The molecule has 1 aromatic carbocycles. The van der Waals surface area contributed by atoms with Crippen molar-refractivity contribution in [1.29, 1.82) is 0 Å². The number of phenols is 1. The van der Waals surface area contributed by atoms with Crippen molar-refractivity contribution >= 4 is 40.9 Å². The summed E-state index contributed by atoms with van der Waals surface area (Å²) in [4.78, 5) is 66.1. The molecule has 0 aromatic heterocycles. The summed E-state index contributed by atoms with van der Waals surface area (Å²) in [5.74, 6) is -12.7. The zero-order valence-electron chi connectivity index (χ0n) is 26.0. The van der Waals surface area contributed by atoms with Gasteiger partial charge >= 0.3 is 11.9 Å². The van der Waals surface area contributed by atoms with E-state index in [1.54, 1.807) is 6.92 Å². The van der Waals surface area contributed by atoms with E-state index in [0.29, 0.717) is 0 Å². The number of aromatic hydroxyl groups is 1. The molecule has 0 spiro atoms. The van der Waals surface area contributed by atoms with E-state index in [4.69, 9.17) is 15.2 Å². The number of nitrogens with zero attached hydrogens (tertiary/aromatic N) is 3. The Bertz CT molecular complexity index is 1610. The van der Waals surface area contributed by atoms with Crippen LogP contribution in [-0.2, 0) is 33.4 Å². The standard InChI is InChI=1S/C30H36N4O12/c1-7-45-27(42)29(4,28(43)46-8-2)33-32-13-10-9-12-11(3)14-16(21(36)15(12)20(13)35)24(39)30(44)18(22(14)37)19(34(5)6)23(38)17(25(30)40)26(31)41/h9-11,14,18-19,22,35-37,40,44H,7-8H2,1-6H3,(H2,31,41). The highest BCUT2D eigenvalue weighted by Crippen LogP contribution is 2.57. The summed E-state index contributed by atoms with van der Waals surface area (Å²) < 4.78 is 9.89. The van der Waals surface area contributed by atoms with Gasteiger partial charge in [0.2, 0.25) is 5.78 Å². The van der Waals surface area contributed by atoms with E-state index < -0.39 is 98.9 Å². The number of nitrogens with two attached hydrogens (primary N) is 1. The smallest absolute Gasteiger partial charge is 0.347 e. The van der Waals surface area contributed by atoms with E-state index in [-0.39, 0.29) is 30.0 Å². The number of primary amides is 1. The number of amides is 1. The minimum atomic E-state index is -3.07. The van der Waals surface area contributed by atoms with Gasteiger partial charge in [0, 0.05) is 11.5 Å². The number of ketones is 2. The molecule has 4 rings (SSSR count). The van der Waals surface area contributed by atoms with Crippen LogP contribution in [0.2, 0.25) is 0 Å². The maximum atomic E-state index is 14.1. The largest absolute Gasteiger partial charge is 0.508 e. The van der Waals surface area contributed by atoms with Gasteiger partial charge in [0.25, 0.3) is 11.4 Å². The number of azo groups is 1. The van der Waals surface area contributed by atoms with Crippen LogP contribution in [0, 0.1) is 11.8 Å². The summed E-state index contributed by atoms with van der Waals surface area (Å²) in [5.41, 5.74) is -2.11. The molecule has 1 aromatic rings. The van der Waals surface area contributed by atoms with Crippen LogP contribution < -0.4 is 5.73 Å². The zero-order chi connectivity index (χ0) is 34.6. The summed E-state index contributed by atoms with van der Waals surface area (Å²) >= 11 is 0. The van der Waals surface area contributed by atoms with E-state index in [2.05, 4.69) is 10.2 Å². The molecule has 3 aliphatic rings. The summed E-state index contributed by atoms with van der Waals surface area (Å²) in [5, 5.41) is 64.9. The molecule has 0 saturated heterocycles. The maximum Gasteiger partial charge on any atom is 0.347 e. The topological polar surface area (TPSA) is 259 Å². The fourth-order valence-electron chi connectivity index (χ4n) is 6.55. The molecule has 7 N–H and O–H groups in total. The maximum absolute atomic E-state index is 14.1. The minimum Gasteiger partial charge on any atom is -0.508 e. The van der Waals surface area contributed by atoms with Crippen molar-refractivity contribution in [2.45, 2.75) is 56.9 Å². The predicted octanol–water partition coefficient (Wildman–Crippen LogP) is 0.464. The first kappa shape index (κ1) is 34.2. The molecule has 16 nitrogen and oxygen atoms in total. The molecular formula is C30H36N4O12. The van der Waals surface area contributed by atoms with Gasteiger partial charge in [0.15, 0.2) is 17.1 Å². The van der Waals surface area contributed by atoms with Crippen molar-refractivity contribution in [3.8, 4) is 5.75 Å². The van der Waals surface area contributed by atoms with Crippen LogP contribution in [0.25, 0.3) is 5.76 Å². The Labute approximate surface area is 262 Å². The fourth-order valence-corrected chi connectivity index (χ4v) is 6.55. The number of benzene rings is 1. The van der Waals surface area contributed by atoms with Gasteiger partial charge in [-0.25, -0.2) is 9.59 Å². The highest BCUT2D eigenvalue weighted by Gasteiger charge is 2.68.